The van der Waals surface area contributed by atoms with E-state index in [1.54, 1.807) is 0 Å². The second-order valence-electron chi connectivity index (χ2n) is 7.68. The molecular weight excluding hydrogens is 440 g/mol. The Hall–Kier alpha value is -3.87. The molecule has 170 valence electrons. The van der Waals surface area contributed by atoms with Crippen LogP contribution in [0.4, 0.5) is 33.7 Å². The molecule has 2 aromatic carbocycles. The zero-order chi connectivity index (χ0) is 23.9. The van der Waals surface area contributed by atoms with Crippen LogP contribution in [0.1, 0.15) is 34.3 Å². The molecule has 0 unspecified atom stereocenters. The zero-order valence-corrected chi connectivity index (χ0v) is 17.4. The number of amides is 3. The summed E-state index contributed by atoms with van der Waals surface area (Å²) in [6, 6.07) is 6.89. The monoisotopic (exact) mass is 458 g/mol. The van der Waals surface area contributed by atoms with E-state index in [2.05, 4.69) is 5.32 Å². The van der Waals surface area contributed by atoms with Gasteiger partial charge in [-0.25, -0.2) is 9.18 Å². The number of halogens is 4. The van der Waals surface area contributed by atoms with E-state index in [0.29, 0.717) is 12.8 Å². The standard InChI is InChI=1S/C23H18F4N4O2/c1-29-21(32)16-9-8-15(11-18(16)24)31-20-5-3-2-4-19(20)30(22(31)33)14-7-6-13(12-28)17(10-14)23(25,26)27/h2-3,6-11,19-20H,4-5H2,1H3,(H,29,32)/t19-,20-/m1/s1. The van der Waals surface area contributed by atoms with Crippen molar-refractivity contribution in [3.63, 3.8) is 0 Å². The first-order valence-corrected chi connectivity index (χ1v) is 10.1. The van der Waals surface area contributed by atoms with Crippen molar-refractivity contribution in [3.8, 4) is 6.07 Å². The summed E-state index contributed by atoms with van der Waals surface area (Å²) < 4.78 is 55.1. The number of nitrogens with one attached hydrogen (secondary N) is 1. The molecule has 1 aliphatic carbocycles. The molecule has 1 aliphatic heterocycles. The second-order valence-corrected chi connectivity index (χ2v) is 7.68. The van der Waals surface area contributed by atoms with Gasteiger partial charge >= 0.3 is 12.2 Å². The highest BCUT2D eigenvalue weighted by Gasteiger charge is 2.47. The third-order valence-electron chi connectivity index (χ3n) is 5.85. The van der Waals surface area contributed by atoms with E-state index in [4.69, 9.17) is 5.26 Å². The molecule has 4 rings (SSSR count). The molecule has 1 N–H and O–H groups in total. The number of fused-ring (bicyclic) bond motifs is 1. The predicted octanol–water partition coefficient (Wildman–Crippen LogP) is 4.61. The van der Waals surface area contributed by atoms with Crippen molar-refractivity contribution in [1.82, 2.24) is 5.32 Å². The van der Waals surface area contributed by atoms with Crippen LogP contribution in [0.15, 0.2) is 48.6 Å². The molecule has 0 radical (unpaired) electrons. The minimum Gasteiger partial charge on any atom is -0.355 e. The average Bonchev–Trinajstić information content (AvgIpc) is 3.09. The number of rotatable bonds is 3. The number of hydrogen-bond acceptors (Lipinski definition) is 3. The van der Waals surface area contributed by atoms with E-state index in [0.717, 1.165) is 18.2 Å². The number of hydrogen-bond donors (Lipinski definition) is 1. The van der Waals surface area contributed by atoms with Crippen LogP contribution >= 0.6 is 0 Å². The fraction of sp³-hybridized carbons (Fsp3) is 0.261. The van der Waals surface area contributed by atoms with Crippen LogP contribution in [0.3, 0.4) is 0 Å². The number of nitriles is 1. The number of anilines is 2. The average molecular weight is 458 g/mol. The van der Waals surface area contributed by atoms with Crippen molar-refractivity contribution in [1.29, 1.82) is 5.26 Å². The van der Waals surface area contributed by atoms with Crippen molar-refractivity contribution in [2.45, 2.75) is 31.1 Å². The molecule has 33 heavy (non-hydrogen) atoms. The smallest absolute Gasteiger partial charge is 0.355 e. The van der Waals surface area contributed by atoms with E-state index >= 15 is 0 Å². The van der Waals surface area contributed by atoms with E-state index in [1.165, 1.54) is 41.1 Å². The predicted molar refractivity (Wildman–Crippen MR) is 112 cm³/mol. The maximum atomic E-state index is 14.6. The van der Waals surface area contributed by atoms with Gasteiger partial charge in [-0.2, -0.15) is 18.4 Å². The molecule has 1 heterocycles. The summed E-state index contributed by atoms with van der Waals surface area (Å²) in [6.45, 7) is 0. The molecule has 0 aromatic heterocycles. The van der Waals surface area contributed by atoms with Crippen LogP contribution in [-0.2, 0) is 6.18 Å². The van der Waals surface area contributed by atoms with Crippen molar-refractivity contribution < 1.29 is 27.2 Å². The van der Waals surface area contributed by atoms with Crippen LogP contribution in [0, 0.1) is 17.1 Å². The number of carbonyl (C=O) groups excluding carboxylic acids is 2. The van der Waals surface area contributed by atoms with Gasteiger partial charge in [-0.1, -0.05) is 12.2 Å². The molecule has 0 saturated carbocycles. The third kappa shape index (κ3) is 3.80. The molecule has 10 heteroatoms. The summed E-state index contributed by atoms with van der Waals surface area (Å²) in [5, 5.41) is 11.4. The van der Waals surface area contributed by atoms with Crippen LogP contribution in [-0.4, -0.2) is 31.1 Å². The van der Waals surface area contributed by atoms with Gasteiger partial charge in [0.1, 0.15) is 5.82 Å². The molecule has 2 atom stereocenters. The van der Waals surface area contributed by atoms with E-state index in [9.17, 15) is 27.2 Å². The van der Waals surface area contributed by atoms with Crippen molar-refractivity contribution in [2.75, 3.05) is 16.8 Å². The van der Waals surface area contributed by atoms with Gasteiger partial charge in [0.25, 0.3) is 5.91 Å². The van der Waals surface area contributed by atoms with Crippen LogP contribution in [0.5, 0.6) is 0 Å². The Bertz CT molecular complexity index is 1200. The van der Waals surface area contributed by atoms with Crippen molar-refractivity contribution in [3.05, 3.63) is 71.1 Å². The van der Waals surface area contributed by atoms with Gasteiger partial charge in [0.05, 0.1) is 34.8 Å². The Labute approximate surface area is 186 Å². The second kappa shape index (κ2) is 8.24. The van der Waals surface area contributed by atoms with Gasteiger partial charge in [-0.05, 0) is 49.2 Å². The number of benzene rings is 2. The molecule has 1 saturated heterocycles. The van der Waals surface area contributed by atoms with Gasteiger partial charge in [-0.3, -0.25) is 14.6 Å². The maximum absolute atomic E-state index is 14.6. The lowest BCUT2D eigenvalue weighted by Gasteiger charge is -2.29. The quantitative estimate of drug-likeness (QED) is 0.539. The summed E-state index contributed by atoms with van der Waals surface area (Å²) in [4.78, 5) is 27.9. The first-order chi connectivity index (χ1) is 15.7. The Balaban J connectivity index is 1.78. The largest absolute Gasteiger partial charge is 0.417 e. The van der Waals surface area contributed by atoms with Crippen LogP contribution < -0.4 is 15.1 Å². The highest BCUT2D eigenvalue weighted by molar-refractivity contribution is 6.08. The van der Waals surface area contributed by atoms with E-state index in [-0.39, 0.29) is 16.9 Å². The summed E-state index contributed by atoms with van der Waals surface area (Å²) in [7, 11) is 1.36. The van der Waals surface area contributed by atoms with Gasteiger partial charge in [0.15, 0.2) is 0 Å². The molecule has 1 fully saturated rings. The summed E-state index contributed by atoms with van der Waals surface area (Å²) in [5.41, 5.74) is -1.66. The molecule has 2 aliphatic rings. The number of nitrogens with zero attached hydrogens (tertiary/aromatic N) is 3. The minimum absolute atomic E-state index is 0.00146. The highest BCUT2D eigenvalue weighted by atomic mass is 19.4. The summed E-state index contributed by atoms with van der Waals surface area (Å²) in [5.74, 6) is -1.44. The van der Waals surface area contributed by atoms with Gasteiger partial charge < -0.3 is 5.32 Å². The van der Waals surface area contributed by atoms with Crippen molar-refractivity contribution in [2.24, 2.45) is 0 Å². The van der Waals surface area contributed by atoms with Gasteiger partial charge in [0.2, 0.25) is 0 Å². The maximum Gasteiger partial charge on any atom is 0.417 e. The number of carbonyl (C=O) groups is 2. The third-order valence-corrected chi connectivity index (χ3v) is 5.85. The fourth-order valence-corrected chi connectivity index (χ4v) is 4.33. The Morgan fingerprint density at radius 2 is 1.64 bits per heavy atom. The summed E-state index contributed by atoms with van der Waals surface area (Å²) in [6.07, 6.45) is -0.246. The topological polar surface area (TPSA) is 76.4 Å². The molecule has 3 amide bonds. The molecule has 0 spiro atoms. The molecule has 6 nitrogen and oxygen atoms in total. The Kier molecular flexibility index (Phi) is 5.57. The zero-order valence-electron chi connectivity index (χ0n) is 17.4. The Morgan fingerprint density at radius 3 is 2.15 bits per heavy atom. The first-order valence-electron chi connectivity index (χ1n) is 10.1. The molecular formula is C23H18F4N4O2. The molecule has 0 bridgehead atoms. The fourth-order valence-electron chi connectivity index (χ4n) is 4.33. The van der Waals surface area contributed by atoms with Gasteiger partial charge in [0, 0.05) is 18.4 Å². The number of alkyl halides is 3. The minimum atomic E-state index is -4.77. The van der Waals surface area contributed by atoms with Crippen LogP contribution in [0.25, 0.3) is 0 Å². The van der Waals surface area contributed by atoms with Crippen LogP contribution in [0.2, 0.25) is 0 Å². The van der Waals surface area contributed by atoms with E-state index in [1.807, 2.05) is 12.2 Å². The lowest BCUT2D eigenvalue weighted by molar-refractivity contribution is -0.137. The van der Waals surface area contributed by atoms with Crippen molar-refractivity contribution >= 4 is 23.3 Å². The lowest BCUT2D eigenvalue weighted by atomic mass is 9.94. The van der Waals surface area contributed by atoms with Gasteiger partial charge in [-0.15, -0.1) is 0 Å². The lowest BCUT2D eigenvalue weighted by Crippen LogP contribution is -2.38. The first kappa shape index (κ1) is 22.3. The summed E-state index contributed by atoms with van der Waals surface area (Å²) >= 11 is 0. The Morgan fingerprint density at radius 1 is 1.06 bits per heavy atom. The number of urea groups is 1. The highest BCUT2D eigenvalue weighted by Crippen LogP contribution is 2.41. The molecule has 2 aromatic rings. The normalized spacial score (nSPS) is 19.9. The SMILES string of the molecule is CNC(=O)c1ccc(N2C(=O)N(c3ccc(C#N)c(C(F)(F)F)c3)[C@@H]3CC=CC[C@H]32)cc1F. The van der Waals surface area contributed by atoms with E-state index < -0.39 is 47.1 Å².